The topological polar surface area (TPSA) is 29.3 Å². The van der Waals surface area contributed by atoms with Crippen LogP contribution in [0.3, 0.4) is 0 Å². The first-order chi connectivity index (χ1) is 11.1. The van der Waals surface area contributed by atoms with Gasteiger partial charge in [0.05, 0.1) is 0 Å². The molecule has 0 spiro atoms. The summed E-state index contributed by atoms with van der Waals surface area (Å²) in [6.45, 7) is 10.8. The summed E-state index contributed by atoms with van der Waals surface area (Å²) in [5.74, 6) is 0.655. The van der Waals surface area contributed by atoms with E-state index in [1.807, 2.05) is 0 Å². The molecule has 1 saturated heterocycles. The number of benzene rings is 1. The second-order valence-electron chi connectivity index (χ2n) is 7.46. The third kappa shape index (κ3) is 3.45. The molecule has 1 aromatic heterocycles. The Labute approximate surface area is 140 Å². The van der Waals surface area contributed by atoms with Crippen LogP contribution in [0.5, 0.6) is 0 Å². The molecule has 126 valence electrons. The van der Waals surface area contributed by atoms with Crippen molar-refractivity contribution in [3.8, 4) is 0 Å². The van der Waals surface area contributed by atoms with Gasteiger partial charge in [-0.05, 0) is 55.0 Å². The molecule has 2 atom stereocenters. The summed E-state index contributed by atoms with van der Waals surface area (Å²) in [6, 6.07) is 6.55. The Balaban J connectivity index is 1.66. The van der Waals surface area contributed by atoms with E-state index in [1.165, 1.54) is 57.3 Å². The monoisotopic (exact) mass is 314 g/mol. The van der Waals surface area contributed by atoms with Crippen LogP contribution in [0, 0.1) is 5.92 Å². The fourth-order valence-corrected chi connectivity index (χ4v) is 3.92. The van der Waals surface area contributed by atoms with Gasteiger partial charge in [0, 0.05) is 6.54 Å². The van der Waals surface area contributed by atoms with Crippen LogP contribution in [-0.4, -0.2) is 29.5 Å². The normalized spacial score (nSPS) is 26.0. The van der Waals surface area contributed by atoms with Crippen molar-refractivity contribution in [3.63, 3.8) is 0 Å². The smallest absolute Gasteiger partial charge is 0.181 e. The van der Waals surface area contributed by atoms with Gasteiger partial charge in [0.25, 0.3) is 0 Å². The number of fused-ring (bicyclic) bond motifs is 1. The van der Waals surface area contributed by atoms with E-state index >= 15 is 0 Å². The van der Waals surface area contributed by atoms with Gasteiger partial charge in [0.15, 0.2) is 12.0 Å². The predicted molar refractivity (Wildman–Crippen MR) is 95.7 cm³/mol. The molecule has 2 heterocycles. The second kappa shape index (κ2) is 7.04. The standard InChI is InChI=1S/C20H30N2O/c1-4-5-6-7-11-22-12-10-20(3,16(2)14-22)17-8-9-18-19(13-17)23-15-21-18/h8-9,13,15-16H,4-7,10-12,14H2,1-3H3. The molecule has 2 aromatic rings. The quantitative estimate of drug-likeness (QED) is 0.702. The zero-order valence-electron chi connectivity index (χ0n) is 14.8. The Kier molecular flexibility index (Phi) is 5.05. The molecule has 23 heavy (non-hydrogen) atoms. The van der Waals surface area contributed by atoms with Crippen LogP contribution in [0.1, 0.15) is 58.4 Å². The SMILES string of the molecule is CCCCCCN1CCC(C)(c2ccc3ncoc3c2)C(C)C1. The van der Waals surface area contributed by atoms with Crippen molar-refractivity contribution in [1.29, 1.82) is 0 Å². The van der Waals surface area contributed by atoms with Crippen LogP contribution >= 0.6 is 0 Å². The molecule has 3 nitrogen and oxygen atoms in total. The van der Waals surface area contributed by atoms with Crippen LogP contribution < -0.4 is 0 Å². The number of unbranched alkanes of at least 4 members (excludes halogenated alkanes) is 3. The van der Waals surface area contributed by atoms with Gasteiger partial charge in [-0.3, -0.25) is 0 Å². The molecule has 0 bridgehead atoms. The van der Waals surface area contributed by atoms with Crippen molar-refractivity contribution >= 4 is 11.1 Å². The zero-order chi connectivity index (χ0) is 16.3. The summed E-state index contributed by atoms with van der Waals surface area (Å²) in [5, 5.41) is 0. The maximum atomic E-state index is 5.51. The zero-order valence-corrected chi connectivity index (χ0v) is 14.8. The summed E-state index contributed by atoms with van der Waals surface area (Å²) in [4.78, 5) is 6.89. The Bertz CT molecular complexity index is 635. The molecule has 0 aliphatic carbocycles. The third-order valence-electron chi connectivity index (χ3n) is 5.89. The molecule has 0 radical (unpaired) electrons. The Hall–Kier alpha value is -1.35. The van der Waals surface area contributed by atoms with Crippen LogP contribution in [0.15, 0.2) is 29.0 Å². The summed E-state index contributed by atoms with van der Waals surface area (Å²) in [5.41, 5.74) is 3.51. The number of aromatic nitrogens is 1. The van der Waals surface area contributed by atoms with Crippen LogP contribution in [0.25, 0.3) is 11.1 Å². The van der Waals surface area contributed by atoms with Crippen LogP contribution in [0.4, 0.5) is 0 Å². The van der Waals surface area contributed by atoms with E-state index < -0.39 is 0 Å². The van der Waals surface area contributed by atoms with Gasteiger partial charge >= 0.3 is 0 Å². The van der Waals surface area contributed by atoms with Crippen molar-refractivity contribution in [2.24, 2.45) is 5.92 Å². The van der Waals surface area contributed by atoms with Gasteiger partial charge < -0.3 is 9.32 Å². The van der Waals surface area contributed by atoms with Crippen molar-refractivity contribution in [2.45, 2.75) is 58.3 Å². The maximum Gasteiger partial charge on any atom is 0.181 e. The number of nitrogens with zero attached hydrogens (tertiary/aromatic N) is 2. The first-order valence-electron chi connectivity index (χ1n) is 9.19. The molecule has 1 aliphatic heterocycles. The summed E-state index contributed by atoms with van der Waals surface area (Å²) >= 11 is 0. The fraction of sp³-hybridized carbons (Fsp3) is 0.650. The number of piperidine rings is 1. The van der Waals surface area contributed by atoms with Crippen LogP contribution in [-0.2, 0) is 5.41 Å². The van der Waals surface area contributed by atoms with Crippen molar-refractivity contribution in [3.05, 3.63) is 30.2 Å². The maximum absolute atomic E-state index is 5.51. The lowest BCUT2D eigenvalue weighted by molar-refractivity contribution is 0.109. The molecule has 1 aromatic carbocycles. The lowest BCUT2D eigenvalue weighted by atomic mass is 9.68. The largest absolute Gasteiger partial charge is 0.443 e. The molecule has 0 saturated carbocycles. The van der Waals surface area contributed by atoms with Gasteiger partial charge in [0.1, 0.15) is 5.52 Å². The first-order valence-corrected chi connectivity index (χ1v) is 9.19. The van der Waals surface area contributed by atoms with Crippen molar-refractivity contribution in [2.75, 3.05) is 19.6 Å². The number of likely N-dealkylation sites (tertiary alicyclic amines) is 1. The predicted octanol–water partition coefficient (Wildman–Crippen LogP) is 5.01. The summed E-state index contributed by atoms with van der Waals surface area (Å²) < 4.78 is 5.51. The number of hydrogen-bond donors (Lipinski definition) is 0. The fourth-order valence-electron chi connectivity index (χ4n) is 3.92. The highest BCUT2D eigenvalue weighted by Gasteiger charge is 2.38. The van der Waals surface area contributed by atoms with E-state index in [-0.39, 0.29) is 5.41 Å². The summed E-state index contributed by atoms with van der Waals surface area (Å²) in [6.07, 6.45) is 8.18. The van der Waals surface area contributed by atoms with Gasteiger partial charge in [0.2, 0.25) is 0 Å². The number of hydrogen-bond acceptors (Lipinski definition) is 3. The molecule has 3 rings (SSSR count). The molecular weight excluding hydrogens is 284 g/mol. The van der Waals surface area contributed by atoms with E-state index in [0.717, 1.165) is 11.1 Å². The first kappa shape index (κ1) is 16.5. The Morgan fingerprint density at radius 1 is 1.30 bits per heavy atom. The average Bonchev–Trinajstić information content (AvgIpc) is 3.02. The molecule has 2 unspecified atom stereocenters. The van der Waals surface area contributed by atoms with Crippen LogP contribution in [0.2, 0.25) is 0 Å². The minimum atomic E-state index is 0.237. The van der Waals surface area contributed by atoms with Crippen molar-refractivity contribution in [1.82, 2.24) is 9.88 Å². The van der Waals surface area contributed by atoms with Crippen molar-refractivity contribution < 1.29 is 4.42 Å². The highest BCUT2D eigenvalue weighted by molar-refractivity contribution is 5.73. The molecule has 0 amide bonds. The Morgan fingerprint density at radius 2 is 2.17 bits per heavy atom. The number of oxazole rings is 1. The van der Waals surface area contributed by atoms with E-state index in [4.69, 9.17) is 4.42 Å². The lowest BCUT2D eigenvalue weighted by Gasteiger charge is -2.45. The average molecular weight is 314 g/mol. The van der Waals surface area contributed by atoms with Gasteiger partial charge in [-0.2, -0.15) is 0 Å². The van der Waals surface area contributed by atoms with E-state index in [2.05, 4.69) is 48.9 Å². The number of rotatable bonds is 6. The molecule has 0 N–H and O–H groups in total. The van der Waals surface area contributed by atoms with Gasteiger partial charge in [-0.1, -0.05) is 46.1 Å². The second-order valence-corrected chi connectivity index (χ2v) is 7.46. The molecular formula is C20H30N2O. The molecule has 1 fully saturated rings. The third-order valence-corrected chi connectivity index (χ3v) is 5.89. The minimum absolute atomic E-state index is 0.237. The highest BCUT2D eigenvalue weighted by atomic mass is 16.3. The minimum Gasteiger partial charge on any atom is -0.443 e. The van der Waals surface area contributed by atoms with Gasteiger partial charge in [-0.15, -0.1) is 0 Å². The molecule has 3 heteroatoms. The highest BCUT2D eigenvalue weighted by Crippen LogP contribution is 2.40. The van der Waals surface area contributed by atoms with Gasteiger partial charge in [-0.25, -0.2) is 4.98 Å². The van der Waals surface area contributed by atoms with E-state index in [1.54, 1.807) is 6.39 Å². The lowest BCUT2D eigenvalue weighted by Crippen LogP contribution is -2.47. The Morgan fingerprint density at radius 3 is 2.96 bits per heavy atom. The van der Waals surface area contributed by atoms with E-state index in [0.29, 0.717) is 5.92 Å². The van der Waals surface area contributed by atoms with E-state index in [9.17, 15) is 0 Å². The summed E-state index contributed by atoms with van der Waals surface area (Å²) in [7, 11) is 0. The molecule has 1 aliphatic rings.